The Morgan fingerprint density at radius 3 is 1.12 bits per heavy atom. The fraction of sp³-hybridized carbons (Fsp3) is 0.870. The molecule has 0 aliphatic carbocycles. The number of carbonyl (C=O) groups excluding carboxylic acids is 1. The Morgan fingerprint density at radius 1 is 0.560 bits per heavy atom. The van der Waals surface area contributed by atoms with Crippen LogP contribution in [-0.2, 0) is 4.79 Å². The maximum Gasteiger partial charge on any atom is 0.221 e. The first-order valence-corrected chi connectivity index (χ1v) is 11.4. The number of unbranched alkanes of at least 4 members (excludes halogenated alkanes) is 18. The summed E-state index contributed by atoms with van der Waals surface area (Å²) in [4.78, 5) is 10.6. The van der Waals surface area contributed by atoms with Crippen LogP contribution in [0.5, 0.6) is 0 Å². The van der Waals surface area contributed by atoms with Crippen LogP contribution in [0.15, 0.2) is 12.7 Å². The third kappa shape index (κ3) is 23.7. The zero-order valence-corrected chi connectivity index (χ0v) is 17.5. The number of rotatable bonds is 21. The Balaban J connectivity index is 2.98. The number of carbonyl (C=O) groups is 1. The SMILES string of the molecule is C=CCCCCCCCCCCCCCCCCCCCCC(=O)Cl. The Labute approximate surface area is 163 Å². The summed E-state index contributed by atoms with van der Waals surface area (Å²) in [7, 11) is 0. The molecule has 0 spiro atoms. The van der Waals surface area contributed by atoms with E-state index in [1.165, 1.54) is 109 Å². The van der Waals surface area contributed by atoms with Gasteiger partial charge in [0.15, 0.2) is 0 Å². The Hall–Kier alpha value is -0.300. The maximum atomic E-state index is 10.6. The molecule has 0 aliphatic rings. The summed E-state index contributed by atoms with van der Waals surface area (Å²) in [6.07, 6.45) is 28.3. The monoisotopic (exact) mass is 370 g/mol. The molecule has 0 fully saturated rings. The van der Waals surface area contributed by atoms with Crippen molar-refractivity contribution in [3.63, 3.8) is 0 Å². The van der Waals surface area contributed by atoms with Crippen LogP contribution in [0, 0.1) is 0 Å². The summed E-state index contributed by atoms with van der Waals surface area (Å²) >= 11 is 5.32. The van der Waals surface area contributed by atoms with E-state index in [4.69, 9.17) is 11.6 Å². The third-order valence-electron chi connectivity index (χ3n) is 5.03. The molecule has 0 unspecified atom stereocenters. The fourth-order valence-corrected chi connectivity index (χ4v) is 3.51. The summed E-state index contributed by atoms with van der Waals surface area (Å²) in [5, 5.41) is -0.181. The molecule has 25 heavy (non-hydrogen) atoms. The van der Waals surface area contributed by atoms with Gasteiger partial charge >= 0.3 is 0 Å². The van der Waals surface area contributed by atoms with Crippen molar-refractivity contribution in [1.29, 1.82) is 0 Å². The zero-order chi connectivity index (χ0) is 18.4. The fourth-order valence-electron chi connectivity index (χ4n) is 3.38. The van der Waals surface area contributed by atoms with Gasteiger partial charge in [-0.15, -0.1) is 6.58 Å². The van der Waals surface area contributed by atoms with Gasteiger partial charge in [0.05, 0.1) is 0 Å². The van der Waals surface area contributed by atoms with Crippen molar-refractivity contribution < 1.29 is 4.79 Å². The highest BCUT2D eigenvalue weighted by Crippen LogP contribution is 2.14. The lowest BCUT2D eigenvalue weighted by atomic mass is 10.0. The largest absolute Gasteiger partial charge is 0.281 e. The number of halogens is 1. The molecule has 0 atom stereocenters. The van der Waals surface area contributed by atoms with Crippen molar-refractivity contribution in [2.24, 2.45) is 0 Å². The first kappa shape index (κ1) is 24.7. The second-order valence-corrected chi connectivity index (χ2v) is 7.97. The van der Waals surface area contributed by atoms with Crippen LogP contribution in [-0.4, -0.2) is 5.24 Å². The highest BCUT2D eigenvalue weighted by Gasteiger charge is 1.97. The molecule has 2 heteroatoms. The van der Waals surface area contributed by atoms with Crippen LogP contribution in [0.4, 0.5) is 0 Å². The number of allylic oxidation sites excluding steroid dienone is 1. The van der Waals surface area contributed by atoms with E-state index in [1.54, 1.807) is 0 Å². The lowest BCUT2D eigenvalue weighted by molar-refractivity contribution is -0.111. The smallest absolute Gasteiger partial charge is 0.221 e. The van der Waals surface area contributed by atoms with Gasteiger partial charge in [-0.25, -0.2) is 0 Å². The first-order chi connectivity index (χ1) is 12.3. The summed E-state index contributed by atoms with van der Waals surface area (Å²) in [5.74, 6) is 0. The Morgan fingerprint density at radius 2 is 0.840 bits per heavy atom. The summed E-state index contributed by atoms with van der Waals surface area (Å²) < 4.78 is 0. The molecule has 0 aromatic rings. The second-order valence-electron chi connectivity index (χ2n) is 7.55. The molecule has 148 valence electrons. The van der Waals surface area contributed by atoms with E-state index in [9.17, 15) is 4.79 Å². The normalized spacial score (nSPS) is 10.9. The molecular weight excluding hydrogens is 328 g/mol. The number of hydrogen-bond donors (Lipinski definition) is 0. The van der Waals surface area contributed by atoms with Gasteiger partial charge in [0, 0.05) is 6.42 Å². The quantitative estimate of drug-likeness (QED) is 0.112. The van der Waals surface area contributed by atoms with Crippen molar-refractivity contribution in [3.8, 4) is 0 Å². The molecule has 0 aliphatic heterocycles. The molecule has 0 saturated heterocycles. The van der Waals surface area contributed by atoms with Crippen LogP contribution in [0.2, 0.25) is 0 Å². The van der Waals surface area contributed by atoms with Gasteiger partial charge < -0.3 is 0 Å². The van der Waals surface area contributed by atoms with Gasteiger partial charge in [0.25, 0.3) is 0 Å². The van der Waals surface area contributed by atoms with Crippen LogP contribution < -0.4 is 0 Å². The lowest BCUT2D eigenvalue weighted by Gasteiger charge is -2.03. The van der Waals surface area contributed by atoms with Crippen molar-refractivity contribution in [2.75, 3.05) is 0 Å². The van der Waals surface area contributed by atoms with Crippen molar-refractivity contribution >= 4 is 16.8 Å². The molecule has 0 rings (SSSR count). The molecule has 0 aromatic heterocycles. The van der Waals surface area contributed by atoms with E-state index in [0.29, 0.717) is 6.42 Å². The third-order valence-corrected chi connectivity index (χ3v) is 5.22. The van der Waals surface area contributed by atoms with Gasteiger partial charge in [-0.1, -0.05) is 109 Å². The highest BCUT2D eigenvalue weighted by atomic mass is 35.5. The van der Waals surface area contributed by atoms with E-state index < -0.39 is 0 Å². The summed E-state index contributed by atoms with van der Waals surface area (Å²) in [5.41, 5.74) is 0. The average Bonchev–Trinajstić information content (AvgIpc) is 2.60. The van der Waals surface area contributed by atoms with Gasteiger partial charge in [-0.3, -0.25) is 4.79 Å². The topological polar surface area (TPSA) is 17.1 Å². The van der Waals surface area contributed by atoms with Crippen molar-refractivity contribution in [2.45, 2.75) is 128 Å². The van der Waals surface area contributed by atoms with Crippen LogP contribution in [0.25, 0.3) is 0 Å². The van der Waals surface area contributed by atoms with Gasteiger partial charge in [-0.2, -0.15) is 0 Å². The lowest BCUT2D eigenvalue weighted by Crippen LogP contribution is -1.86. The standard InChI is InChI=1S/C23H43ClO/c1-2-3-4-5-6-7-8-9-10-11-12-13-14-15-16-17-18-19-20-21-22-23(24)25/h2H,1,3-22H2. The first-order valence-electron chi connectivity index (χ1n) is 11.1. The van der Waals surface area contributed by atoms with E-state index in [1.807, 2.05) is 6.08 Å². The molecule has 0 heterocycles. The van der Waals surface area contributed by atoms with Crippen LogP contribution >= 0.6 is 11.6 Å². The number of hydrogen-bond acceptors (Lipinski definition) is 1. The van der Waals surface area contributed by atoms with Crippen LogP contribution in [0.1, 0.15) is 128 Å². The predicted molar refractivity (Wildman–Crippen MR) is 113 cm³/mol. The minimum absolute atomic E-state index is 0.181. The van der Waals surface area contributed by atoms with Crippen LogP contribution in [0.3, 0.4) is 0 Å². The van der Waals surface area contributed by atoms with Gasteiger partial charge in [0.1, 0.15) is 0 Å². The molecule has 1 nitrogen and oxygen atoms in total. The van der Waals surface area contributed by atoms with Gasteiger partial charge in [-0.05, 0) is 30.9 Å². The van der Waals surface area contributed by atoms with E-state index in [-0.39, 0.29) is 5.24 Å². The Bertz CT molecular complexity index is 288. The molecule has 0 amide bonds. The molecular formula is C23H43ClO. The van der Waals surface area contributed by atoms with E-state index >= 15 is 0 Å². The van der Waals surface area contributed by atoms with Gasteiger partial charge in [0.2, 0.25) is 5.24 Å². The van der Waals surface area contributed by atoms with Crippen molar-refractivity contribution in [3.05, 3.63) is 12.7 Å². The summed E-state index contributed by atoms with van der Waals surface area (Å²) in [6.45, 7) is 3.77. The minimum atomic E-state index is -0.181. The zero-order valence-electron chi connectivity index (χ0n) is 16.7. The minimum Gasteiger partial charge on any atom is -0.281 e. The summed E-state index contributed by atoms with van der Waals surface area (Å²) in [6, 6.07) is 0. The average molecular weight is 371 g/mol. The molecule has 0 bridgehead atoms. The predicted octanol–water partition coefficient (Wildman–Crippen LogP) is 8.74. The Kier molecular flexibility index (Phi) is 21.5. The van der Waals surface area contributed by atoms with Crippen molar-refractivity contribution in [1.82, 2.24) is 0 Å². The molecule has 0 N–H and O–H groups in total. The highest BCUT2D eigenvalue weighted by molar-refractivity contribution is 6.63. The van der Waals surface area contributed by atoms with E-state index in [0.717, 1.165) is 12.8 Å². The molecule has 0 aromatic carbocycles. The second kappa shape index (κ2) is 21.7. The molecule has 0 radical (unpaired) electrons. The van der Waals surface area contributed by atoms with E-state index in [2.05, 4.69) is 6.58 Å². The maximum absolute atomic E-state index is 10.6. The molecule has 0 saturated carbocycles.